The molecular weight excluding hydrogens is 281 g/mol. The van der Waals surface area contributed by atoms with Gasteiger partial charge >= 0.3 is 6.36 Å². The van der Waals surface area contributed by atoms with Gasteiger partial charge in [0.25, 0.3) is 0 Å². The Kier molecular flexibility index (Phi) is 4.80. The highest BCUT2D eigenvalue weighted by Crippen LogP contribution is 2.27. The maximum atomic E-state index is 12.3. The van der Waals surface area contributed by atoms with Crippen LogP contribution in [0.15, 0.2) is 48.7 Å². The van der Waals surface area contributed by atoms with E-state index in [-0.39, 0.29) is 11.8 Å². The van der Waals surface area contributed by atoms with Gasteiger partial charge in [-0.1, -0.05) is 25.1 Å². The third kappa shape index (κ3) is 4.46. The molecule has 0 aliphatic carbocycles. The summed E-state index contributed by atoms with van der Waals surface area (Å²) in [4.78, 5) is 4.25. The van der Waals surface area contributed by atoms with Crippen LogP contribution in [0.25, 0.3) is 0 Å². The fraction of sp³-hybridized carbons (Fsp3) is 0.267. The number of aromatic nitrogens is 1. The van der Waals surface area contributed by atoms with Crippen molar-refractivity contribution in [2.75, 3.05) is 6.54 Å². The molecule has 1 unspecified atom stereocenters. The van der Waals surface area contributed by atoms with Gasteiger partial charge in [-0.25, -0.2) is 0 Å². The molecule has 0 aliphatic heterocycles. The highest BCUT2D eigenvalue weighted by molar-refractivity contribution is 5.34. The Morgan fingerprint density at radius 3 is 2.62 bits per heavy atom. The molecule has 1 aromatic carbocycles. The molecule has 0 saturated heterocycles. The largest absolute Gasteiger partial charge is 0.573 e. The van der Waals surface area contributed by atoms with Crippen LogP contribution in [0.3, 0.4) is 0 Å². The molecule has 1 atom stereocenters. The quantitative estimate of drug-likeness (QED) is 0.914. The summed E-state index contributed by atoms with van der Waals surface area (Å²) in [6.45, 7) is 2.58. The Morgan fingerprint density at radius 1 is 1.19 bits per heavy atom. The third-order valence-electron chi connectivity index (χ3n) is 2.82. The zero-order valence-corrected chi connectivity index (χ0v) is 11.4. The van der Waals surface area contributed by atoms with Crippen LogP contribution < -0.4 is 10.1 Å². The highest BCUT2D eigenvalue weighted by atomic mass is 19.4. The molecule has 21 heavy (non-hydrogen) atoms. The number of rotatable bonds is 5. The van der Waals surface area contributed by atoms with Gasteiger partial charge in [-0.3, -0.25) is 4.98 Å². The van der Waals surface area contributed by atoms with E-state index in [4.69, 9.17) is 0 Å². The van der Waals surface area contributed by atoms with Gasteiger partial charge in [-0.05, 0) is 36.4 Å². The van der Waals surface area contributed by atoms with Crippen LogP contribution in [0, 0.1) is 0 Å². The average molecular weight is 296 g/mol. The molecule has 1 aromatic heterocycles. The van der Waals surface area contributed by atoms with Crippen LogP contribution in [0.1, 0.15) is 24.2 Å². The Hall–Kier alpha value is -2.08. The number of ether oxygens (including phenoxy) is 1. The standard InChI is InChI=1S/C15H15F3N2O/c1-2-19-14(13-8-3-4-9-20-13)11-6-5-7-12(10-11)21-15(16,17)18/h3-10,14,19H,2H2,1H3. The molecule has 0 amide bonds. The van der Waals surface area contributed by atoms with E-state index in [9.17, 15) is 13.2 Å². The van der Waals surface area contributed by atoms with E-state index in [2.05, 4.69) is 15.0 Å². The van der Waals surface area contributed by atoms with Crippen molar-refractivity contribution in [1.82, 2.24) is 10.3 Å². The summed E-state index contributed by atoms with van der Waals surface area (Å²) in [5.74, 6) is -0.237. The van der Waals surface area contributed by atoms with E-state index in [1.807, 2.05) is 19.1 Å². The van der Waals surface area contributed by atoms with Crippen LogP contribution in [-0.2, 0) is 0 Å². The first-order chi connectivity index (χ1) is 9.99. The SMILES string of the molecule is CCNC(c1cccc(OC(F)(F)F)c1)c1ccccn1. The fourth-order valence-electron chi connectivity index (χ4n) is 2.04. The van der Waals surface area contributed by atoms with Crippen molar-refractivity contribution in [2.45, 2.75) is 19.3 Å². The molecule has 1 heterocycles. The molecule has 112 valence electrons. The average Bonchev–Trinajstić information content (AvgIpc) is 2.44. The van der Waals surface area contributed by atoms with Crippen molar-refractivity contribution in [3.8, 4) is 5.75 Å². The fourth-order valence-corrected chi connectivity index (χ4v) is 2.04. The first kappa shape index (κ1) is 15.3. The summed E-state index contributed by atoms with van der Waals surface area (Å²) in [6, 6.07) is 11.1. The number of halogens is 3. The van der Waals surface area contributed by atoms with Crippen LogP contribution in [0.2, 0.25) is 0 Å². The minimum atomic E-state index is -4.70. The Bertz CT molecular complexity index is 573. The zero-order chi connectivity index (χ0) is 15.3. The summed E-state index contributed by atoms with van der Waals surface area (Å²) in [7, 11) is 0. The molecule has 0 fully saturated rings. The number of hydrogen-bond donors (Lipinski definition) is 1. The number of nitrogens with one attached hydrogen (secondary N) is 1. The molecule has 0 aliphatic rings. The lowest BCUT2D eigenvalue weighted by atomic mass is 10.0. The lowest BCUT2D eigenvalue weighted by Gasteiger charge is -2.19. The van der Waals surface area contributed by atoms with Gasteiger partial charge in [0, 0.05) is 6.20 Å². The summed E-state index contributed by atoms with van der Waals surface area (Å²) in [5.41, 5.74) is 1.40. The van der Waals surface area contributed by atoms with E-state index in [1.165, 1.54) is 18.2 Å². The Balaban J connectivity index is 2.31. The van der Waals surface area contributed by atoms with Crippen LogP contribution >= 0.6 is 0 Å². The molecular formula is C15H15F3N2O. The normalized spacial score (nSPS) is 13.0. The van der Waals surface area contributed by atoms with Gasteiger partial charge in [0.15, 0.2) is 0 Å². The highest BCUT2D eigenvalue weighted by Gasteiger charge is 2.31. The van der Waals surface area contributed by atoms with Crippen molar-refractivity contribution in [3.05, 3.63) is 59.9 Å². The minimum absolute atomic E-state index is 0.237. The molecule has 2 aromatic rings. The van der Waals surface area contributed by atoms with Crippen LogP contribution in [-0.4, -0.2) is 17.9 Å². The smallest absolute Gasteiger partial charge is 0.406 e. The summed E-state index contributed by atoms with van der Waals surface area (Å²) >= 11 is 0. The predicted molar refractivity (Wildman–Crippen MR) is 72.9 cm³/mol. The lowest BCUT2D eigenvalue weighted by Crippen LogP contribution is -2.23. The van der Waals surface area contributed by atoms with Gasteiger partial charge in [0.1, 0.15) is 5.75 Å². The second kappa shape index (κ2) is 6.58. The first-order valence-electron chi connectivity index (χ1n) is 6.49. The Morgan fingerprint density at radius 2 is 2.00 bits per heavy atom. The van der Waals surface area contributed by atoms with Crippen molar-refractivity contribution >= 4 is 0 Å². The topological polar surface area (TPSA) is 34.1 Å². The number of benzene rings is 1. The van der Waals surface area contributed by atoms with E-state index in [0.717, 1.165) is 5.69 Å². The van der Waals surface area contributed by atoms with Gasteiger partial charge in [0.2, 0.25) is 0 Å². The summed E-state index contributed by atoms with van der Waals surface area (Å²) in [5, 5.41) is 3.21. The van der Waals surface area contributed by atoms with Crippen molar-refractivity contribution in [1.29, 1.82) is 0 Å². The van der Waals surface area contributed by atoms with Crippen LogP contribution in [0.5, 0.6) is 5.75 Å². The van der Waals surface area contributed by atoms with Gasteiger partial charge in [-0.2, -0.15) is 0 Å². The molecule has 1 N–H and O–H groups in total. The van der Waals surface area contributed by atoms with E-state index in [0.29, 0.717) is 12.1 Å². The second-order valence-corrected chi connectivity index (χ2v) is 4.37. The molecule has 2 rings (SSSR count). The maximum absolute atomic E-state index is 12.3. The minimum Gasteiger partial charge on any atom is -0.406 e. The molecule has 0 radical (unpaired) electrons. The number of nitrogens with zero attached hydrogens (tertiary/aromatic N) is 1. The number of alkyl halides is 3. The zero-order valence-electron chi connectivity index (χ0n) is 11.4. The van der Waals surface area contributed by atoms with E-state index < -0.39 is 6.36 Å². The van der Waals surface area contributed by atoms with E-state index in [1.54, 1.807) is 18.3 Å². The van der Waals surface area contributed by atoms with Crippen LogP contribution in [0.4, 0.5) is 13.2 Å². The van der Waals surface area contributed by atoms with Crippen molar-refractivity contribution < 1.29 is 17.9 Å². The number of pyridine rings is 1. The Labute approximate surface area is 120 Å². The monoisotopic (exact) mass is 296 g/mol. The maximum Gasteiger partial charge on any atom is 0.573 e. The predicted octanol–water partition coefficient (Wildman–Crippen LogP) is 3.68. The molecule has 0 saturated carbocycles. The van der Waals surface area contributed by atoms with Crippen molar-refractivity contribution in [2.24, 2.45) is 0 Å². The molecule has 0 bridgehead atoms. The van der Waals surface area contributed by atoms with Gasteiger partial charge in [0.05, 0.1) is 11.7 Å². The molecule has 0 spiro atoms. The van der Waals surface area contributed by atoms with Crippen molar-refractivity contribution in [3.63, 3.8) is 0 Å². The number of hydrogen-bond acceptors (Lipinski definition) is 3. The van der Waals surface area contributed by atoms with Gasteiger partial charge in [-0.15, -0.1) is 13.2 Å². The third-order valence-corrected chi connectivity index (χ3v) is 2.82. The summed E-state index contributed by atoms with van der Waals surface area (Å²) in [6.07, 6.45) is -3.05. The van der Waals surface area contributed by atoms with Gasteiger partial charge < -0.3 is 10.1 Å². The lowest BCUT2D eigenvalue weighted by molar-refractivity contribution is -0.274. The first-order valence-corrected chi connectivity index (χ1v) is 6.49. The molecule has 3 nitrogen and oxygen atoms in total. The second-order valence-electron chi connectivity index (χ2n) is 4.37. The summed E-state index contributed by atoms with van der Waals surface area (Å²) < 4.78 is 40.8. The molecule has 6 heteroatoms. The van der Waals surface area contributed by atoms with E-state index >= 15 is 0 Å².